The van der Waals surface area contributed by atoms with Gasteiger partial charge in [-0.3, -0.25) is 0 Å². The van der Waals surface area contributed by atoms with Crippen molar-refractivity contribution in [1.29, 1.82) is 0 Å². The monoisotopic (exact) mass is 481 g/mol. The van der Waals surface area contributed by atoms with Crippen molar-refractivity contribution in [2.24, 2.45) is 0 Å². The van der Waals surface area contributed by atoms with E-state index in [9.17, 15) is 0 Å². The lowest BCUT2D eigenvalue weighted by molar-refractivity contribution is 1.19. The van der Waals surface area contributed by atoms with Crippen LogP contribution in [0.2, 0.25) is 0 Å². The Morgan fingerprint density at radius 2 is 1.23 bits per heavy atom. The van der Waals surface area contributed by atoms with Crippen molar-refractivity contribution in [3.05, 3.63) is 115 Å². The summed E-state index contributed by atoms with van der Waals surface area (Å²) in [6, 6.07) is 42.0. The van der Waals surface area contributed by atoms with E-state index in [0.717, 1.165) is 0 Å². The Hall–Kier alpha value is -3.92. The van der Waals surface area contributed by atoms with Crippen LogP contribution in [0.3, 0.4) is 0 Å². The van der Waals surface area contributed by atoms with Crippen molar-refractivity contribution in [2.75, 3.05) is 0 Å². The van der Waals surface area contributed by atoms with Crippen LogP contribution in [0.15, 0.2) is 115 Å². The Labute approximate surface area is 210 Å². The van der Waals surface area contributed by atoms with Crippen molar-refractivity contribution in [3.63, 3.8) is 0 Å². The summed E-state index contributed by atoms with van der Waals surface area (Å²) in [6.45, 7) is 0. The van der Waals surface area contributed by atoms with Gasteiger partial charge in [0.05, 0.1) is 15.7 Å². The van der Waals surface area contributed by atoms with Gasteiger partial charge in [-0.05, 0) is 47.5 Å². The van der Waals surface area contributed by atoms with Gasteiger partial charge in [0.25, 0.3) is 0 Å². The molecule has 0 radical (unpaired) electrons. The second kappa shape index (κ2) is 7.29. The molecule has 0 fully saturated rings. The summed E-state index contributed by atoms with van der Waals surface area (Å²) in [7, 11) is 0. The molecular weight excluding hydrogens is 462 g/mol. The lowest BCUT2D eigenvalue weighted by Gasteiger charge is -2.09. The predicted octanol–water partition coefficient (Wildman–Crippen LogP) is 10.0. The number of nitrogens with zero attached hydrogens (tertiary/aromatic N) is 1. The first-order chi connectivity index (χ1) is 17.4. The van der Waals surface area contributed by atoms with Crippen LogP contribution >= 0.6 is 22.7 Å². The number of hydrogen-bond donors (Lipinski definition) is 0. The minimum absolute atomic E-state index is 1.20. The molecule has 164 valence electrons. The van der Waals surface area contributed by atoms with Crippen LogP contribution in [0.4, 0.5) is 0 Å². The summed E-state index contributed by atoms with van der Waals surface area (Å²) >= 11 is 3.80. The zero-order chi connectivity index (χ0) is 22.9. The van der Waals surface area contributed by atoms with E-state index in [1.54, 1.807) is 0 Å². The van der Waals surface area contributed by atoms with Gasteiger partial charge in [0.2, 0.25) is 0 Å². The lowest BCUT2D eigenvalue weighted by atomic mass is 10.0. The van der Waals surface area contributed by atoms with Gasteiger partial charge >= 0.3 is 0 Å². The van der Waals surface area contributed by atoms with Crippen LogP contribution in [0.1, 0.15) is 0 Å². The van der Waals surface area contributed by atoms with Crippen molar-refractivity contribution in [3.8, 4) is 16.8 Å². The van der Waals surface area contributed by atoms with E-state index >= 15 is 0 Å². The van der Waals surface area contributed by atoms with E-state index in [2.05, 4.69) is 120 Å². The molecule has 1 nitrogen and oxygen atoms in total. The zero-order valence-electron chi connectivity index (χ0n) is 18.7. The molecule has 0 aliphatic carbocycles. The third-order valence-electron chi connectivity index (χ3n) is 7.00. The molecule has 0 aliphatic rings. The lowest BCUT2D eigenvalue weighted by Crippen LogP contribution is -1.92. The van der Waals surface area contributed by atoms with Gasteiger partial charge in [-0.2, -0.15) is 0 Å². The molecule has 8 rings (SSSR count). The fourth-order valence-corrected chi connectivity index (χ4v) is 7.90. The number of benzene rings is 5. The van der Waals surface area contributed by atoms with Gasteiger partial charge < -0.3 is 4.57 Å². The molecular formula is C32H19NS2. The first-order valence-electron chi connectivity index (χ1n) is 11.8. The minimum Gasteiger partial charge on any atom is -0.308 e. The Morgan fingerprint density at radius 3 is 2.14 bits per heavy atom. The maximum Gasteiger partial charge on any atom is 0.0727 e. The summed E-state index contributed by atoms with van der Waals surface area (Å²) in [6.07, 6.45) is 0. The van der Waals surface area contributed by atoms with E-state index in [0.29, 0.717) is 0 Å². The highest BCUT2D eigenvalue weighted by Gasteiger charge is 2.19. The molecule has 3 aromatic heterocycles. The molecule has 0 saturated carbocycles. The topological polar surface area (TPSA) is 4.93 Å². The molecule has 0 unspecified atom stereocenters. The third-order valence-corrected chi connectivity index (χ3v) is 9.42. The Kier molecular flexibility index (Phi) is 4.04. The average molecular weight is 482 g/mol. The fourth-order valence-electron chi connectivity index (χ4n) is 5.46. The maximum atomic E-state index is 2.43. The van der Waals surface area contributed by atoms with Crippen LogP contribution in [-0.2, 0) is 0 Å². The Bertz CT molecular complexity index is 2050. The molecule has 0 spiro atoms. The maximum absolute atomic E-state index is 2.43. The summed E-state index contributed by atoms with van der Waals surface area (Å²) < 4.78 is 7.84. The Morgan fingerprint density at radius 1 is 0.486 bits per heavy atom. The summed E-state index contributed by atoms with van der Waals surface area (Å²) in [4.78, 5) is 0. The smallest absolute Gasteiger partial charge is 0.0727 e. The van der Waals surface area contributed by atoms with E-state index < -0.39 is 0 Å². The SMILES string of the molecule is c1ccc(-n2c3ccccc3c3sc4c(-c5ccc6sc7ccccc7c6c5)cccc4c32)cc1. The number of fused-ring (bicyclic) bond motifs is 8. The highest BCUT2D eigenvalue weighted by Crippen LogP contribution is 2.46. The standard InChI is InChI=1S/C32H19NS2/c1-2-9-21(10-3-1)33-27-15-6-4-12-24(27)32-30(33)25-14-8-13-22(31(25)35-32)20-17-18-29-26(19-20)23-11-5-7-16-28(23)34-29/h1-19H. The van der Waals surface area contributed by atoms with Crippen LogP contribution < -0.4 is 0 Å². The molecule has 0 N–H and O–H groups in total. The molecule has 8 aromatic rings. The normalized spacial score (nSPS) is 12.0. The molecule has 0 bridgehead atoms. The summed E-state index contributed by atoms with van der Waals surface area (Å²) in [5.41, 5.74) is 6.37. The third kappa shape index (κ3) is 2.74. The molecule has 0 saturated heterocycles. The number of hydrogen-bond acceptors (Lipinski definition) is 2. The van der Waals surface area contributed by atoms with Gasteiger partial charge in [0.1, 0.15) is 0 Å². The summed E-state index contributed by atoms with van der Waals surface area (Å²) in [5, 5.41) is 5.33. The zero-order valence-corrected chi connectivity index (χ0v) is 20.4. The second-order valence-electron chi connectivity index (χ2n) is 8.96. The summed E-state index contributed by atoms with van der Waals surface area (Å²) in [5.74, 6) is 0. The van der Waals surface area contributed by atoms with E-state index in [4.69, 9.17) is 0 Å². The Balaban J connectivity index is 1.46. The van der Waals surface area contributed by atoms with E-state index in [-0.39, 0.29) is 0 Å². The van der Waals surface area contributed by atoms with Gasteiger partial charge in [-0.15, -0.1) is 22.7 Å². The first kappa shape index (κ1) is 19.4. The van der Waals surface area contributed by atoms with E-state index in [1.165, 1.54) is 68.2 Å². The van der Waals surface area contributed by atoms with Crippen molar-refractivity contribution >= 4 is 74.1 Å². The molecule has 0 atom stereocenters. The molecule has 0 aliphatic heterocycles. The first-order valence-corrected chi connectivity index (χ1v) is 13.4. The highest BCUT2D eigenvalue weighted by molar-refractivity contribution is 7.27. The van der Waals surface area contributed by atoms with Gasteiger partial charge in [0, 0.05) is 41.3 Å². The largest absolute Gasteiger partial charge is 0.308 e. The fraction of sp³-hybridized carbons (Fsp3) is 0. The van der Waals surface area contributed by atoms with E-state index in [1.807, 2.05) is 22.7 Å². The average Bonchev–Trinajstić information content (AvgIpc) is 3.57. The van der Waals surface area contributed by atoms with Crippen LogP contribution in [0.25, 0.3) is 68.2 Å². The highest BCUT2D eigenvalue weighted by atomic mass is 32.1. The molecule has 5 aromatic carbocycles. The van der Waals surface area contributed by atoms with Gasteiger partial charge in [0.15, 0.2) is 0 Å². The number of aromatic nitrogens is 1. The molecule has 0 amide bonds. The van der Waals surface area contributed by atoms with Crippen molar-refractivity contribution < 1.29 is 0 Å². The minimum atomic E-state index is 1.20. The number of para-hydroxylation sites is 2. The number of thiophene rings is 2. The predicted molar refractivity (Wildman–Crippen MR) is 154 cm³/mol. The molecule has 3 heteroatoms. The van der Waals surface area contributed by atoms with Crippen molar-refractivity contribution in [2.45, 2.75) is 0 Å². The quantitative estimate of drug-likeness (QED) is 0.231. The molecule has 3 heterocycles. The molecule has 35 heavy (non-hydrogen) atoms. The van der Waals surface area contributed by atoms with Crippen molar-refractivity contribution in [1.82, 2.24) is 4.57 Å². The van der Waals surface area contributed by atoms with Gasteiger partial charge in [-0.25, -0.2) is 0 Å². The van der Waals surface area contributed by atoms with Crippen LogP contribution in [0, 0.1) is 0 Å². The van der Waals surface area contributed by atoms with Crippen LogP contribution in [0.5, 0.6) is 0 Å². The van der Waals surface area contributed by atoms with Crippen LogP contribution in [-0.4, -0.2) is 4.57 Å². The van der Waals surface area contributed by atoms with Gasteiger partial charge in [-0.1, -0.05) is 78.9 Å². The second-order valence-corrected chi connectivity index (χ2v) is 11.1. The number of rotatable bonds is 2.